The molecule has 22 heavy (non-hydrogen) atoms. The average Bonchev–Trinajstić information content (AvgIpc) is 2.91. The quantitative estimate of drug-likeness (QED) is 0.758. The van der Waals surface area contributed by atoms with Gasteiger partial charge in [0.2, 0.25) is 17.8 Å². The molecule has 2 amide bonds. The number of rotatable bonds is 2. The second-order valence-electron chi connectivity index (χ2n) is 5.39. The van der Waals surface area contributed by atoms with Crippen molar-refractivity contribution in [2.75, 3.05) is 5.32 Å². The van der Waals surface area contributed by atoms with E-state index in [1.165, 1.54) is 0 Å². The number of anilines is 1. The Hall–Kier alpha value is -2.83. The summed E-state index contributed by atoms with van der Waals surface area (Å²) in [6.45, 7) is 3.82. The predicted molar refractivity (Wildman–Crippen MR) is 82.4 cm³/mol. The topological polar surface area (TPSA) is 85.8 Å². The standard InChI is InChI=1S/C15H17N5O2/c1-9(2)13-18-15-17-12(21)8-11(20(15)19-13)14(22)16-10-6-4-3-5-7-10/h3-7,11,19H,8H2,1-2H3,(H,16,22)(H,17,18,21)/t11-/m0/s1. The number of carbonyl (C=O) groups excluding carboxylic acids is 2. The van der Waals surface area contributed by atoms with Crippen LogP contribution in [-0.4, -0.2) is 28.8 Å². The summed E-state index contributed by atoms with van der Waals surface area (Å²) in [5, 5.41) is 7.09. The monoisotopic (exact) mass is 299 g/mol. The van der Waals surface area contributed by atoms with Crippen LogP contribution in [0.4, 0.5) is 5.69 Å². The summed E-state index contributed by atoms with van der Waals surface area (Å²) in [7, 11) is 0. The third-order valence-corrected chi connectivity index (χ3v) is 3.43. The highest BCUT2D eigenvalue weighted by Gasteiger charge is 2.39. The van der Waals surface area contributed by atoms with E-state index < -0.39 is 6.04 Å². The maximum absolute atomic E-state index is 12.5. The van der Waals surface area contributed by atoms with Crippen LogP contribution in [-0.2, 0) is 9.59 Å². The van der Waals surface area contributed by atoms with Gasteiger partial charge in [-0.3, -0.25) is 20.3 Å². The zero-order valence-electron chi connectivity index (χ0n) is 12.4. The lowest BCUT2D eigenvalue weighted by Crippen LogP contribution is -2.61. The van der Waals surface area contributed by atoms with Crippen LogP contribution in [0, 0.1) is 0 Å². The SMILES string of the molecule is CC(C)=C1N=C2NC(=O)C[C@@H](C(=O)Nc3ccccc3)N2N1. The molecule has 0 aromatic heterocycles. The Balaban J connectivity index is 1.81. The minimum atomic E-state index is -0.649. The van der Waals surface area contributed by atoms with E-state index in [9.17, 15) is 9.59 Å². The van der Waals surface area contributed by atoms with E-state index in [-0.39, 0.29) is 18.2 Å². The lowest BCUT2D eigenvalue weighted by molar-refractivity contribution is -0.129. The highest BCUT2D eigenvalue weighted by molar-refractivity contribution is 6.07. The smallest absolute Gasteiger partial charge is 0.249 e. The van der Waals surface area contributed by atoms with Crippen LogP contribution in [0.15, 0.2) is 46.7 Å². The van der Waals surface area contributed by atoms with Gasteiger partial charge in [-0.25, -0.2) is 5.01 Å². The number of nitrogens with one attached hydrogen (secondary N) is 3. The van der Waals surface area contributed by atoms with Crippen LogP contribution in [0.1, 0.15) is 20.3 Å². The first-order valence-electron chi connectivity index (χ1n) is 7.02. The molecule has 3 N–H and O–H groups in total. The van der Waals surface area contributed by atoms with E-state index in [2.05, 4.69) is 21.1 Å². The zero-order chi connectivity index (χ0) is 15.7. The first-order chi connectivity index (χ1) is 10.5. The van der Waals surface area contributed by atoms with E-state index in [1.807, 2.05) is 32.0 Å². The van der Waals surface area contributed by atoms with Gasteiger partial charge >= 0.3 is 0 Å². The minimum Gasteiger partial charge on any atom is -0.324 e. The van der Waals surface area contributed by atoms with Crippen molar-refractivity contribution in [3.05, 3.63) is 41.7 Å². The van der Waals surface area contributed by atoms with Gasteiger partial charge in [-0.15, -0.1) is 0 Å². The van der Waals surface area contributed by atoms with Crippen LogP contribution in [0.25, 0.3) is 0 Å². The second-order valence-corrected chi connectivity index (χ2v) is 5.39. The van der Waals surface area contributed by atoms with E-state index in [0.29, 0.717) is 17.5 Å². The van der Waals surface area contributed by atoms with Crippen molar-refractivity contribution in [2.24, 2.45) is 4.99 Å². The Morgan fingerprint density at radius 2 is 2.05 bits per heavy atom. The molecule has 0 spiro atoms. The molecular weight excluding hydrogens is 282 g/mol. The fourth-order valence-electron chi connectivity index (χ4n) is 2.29. The van der Waals surface area contributed by atoms with Gasteiger partial charge in [0.1, 0.15) is 11.9 Å². The summed E-state index contributed by atoms with van der Waals surface area (Å²) in [5.41, 5.74) is 4.73. The maximum atomic E-state index is 12.5. The van der Waals surface area contributed by atoms with E-state index >= 15 is 0 Å². The molecule has 7 nitrogen and oxygen atoms in total. The molecule has 7 heteroatoms. The Kier molecular flexibility index (Phi) is 3.54. The van der Waals surface area contributed by atoms with Gasteiger partial charge in [-0.2, -0.15) is 4.99 Å². The first kappa shape index (κ1) is 14.1. The molecule has 0 aliphatic carbocycles. The van der Waals surface area contributed by atoms with Crippen molar-refractivity contribution in [1.29, 1.82) is 0 Å². The molecule has 1 aromatic rings. The van der Waals surface area contributed by atoms with Crippen molar-refractivity contribution < 1.29 is 9.59 Å². The second kappa shape index (κ2) is 5.51. The summed E-state index contributed by atoms with van der Waals surface area (Å²) in [6, 6.07) is 8.50. The fraction of sp³-hybridized carbons (Fsp3) is 0.267. The fourth-order valence-corrected chi connectivity index (χ4v) is 2.29. The number of guanidine groups is 1. The Labute approximate surface area is 128 Å². The molecule has 1 aromatic carbocycles. The molecule has 2 heterocycles. The largest absolute Gasteiger partial charge is 0.324 e. The molecule has 114 valence electrons. The van der Waals surface area contributed by atoms with Gasteiger partial charge in [0, 0.05) is 5.69 Å². The van der Waals surface area contributed by atoms with Crippen LogP contribution >= 0.6 is 0 Å². The Morgan fingerprint density at radius 3 is 2.73 bits per heavy atom. The normalized spacial score (nSPS) is 19.8. The minimum absolute atomic E-state index is 0.0702. The van der Waals surface area contributed by atoms with Crippen molar-refractivity contribution in [3.63, 3.8) is 0 Å². The van der Waals surface area contributed by atoms with Crippen molar-refractivity contribution in [1.82, 2.24) is 15.8 Å². The average molecular weight is 299 g/mol. The van der Waals surface area contributed by atoms with E-state index in [0.717, 1.165) is 5.57 Å². The molecule has 0 unspecified atom stereocenters. The number of aliphatic imine (C=N–C) groups is 1. The van der Waals surface area contributed by atoms with Crippen molar-refractivity contribution in [3.8, 4) is 0 Å². The molecule has 1 atom stereocenters. The number of benzene rings is 1. The predicted octanol–water partition coefficient (Wildman–Crippen LogP) is 0.941. The lowest BCUT2D eigenvalue weighted by Gasteiger charge is -2.32. The van der Waals surface area contributed by atoms with E-state index in [1.54, 1.807) is 17.1 Å². The summed E-state index contributed by atoms with van der Waals surface area (Å²) in [6.07, 6.45) is 0.0702. The number of fused-ring (bicyclic) bond motifs is 1. The highest BCUT2D eigenvalue weighted by atomic mass is 16.2. The molecule has 1 fully saturated rings. The zero-order valence-corrected chi connectivity index (χ0v) is 12.4. The molecule has 3 rings (SSSR count). The molecule has 2 aliphatic heterocycles. The number of carbonyl (C=O) groups is 2. The van der Waals surface area contributed by atoms with Gasteiger partial charge in [0.15, 0.2) is 0 Å². The lowest BCUT2D eigenvalue weighted by atomic mass is 10.1. The Bertz CT molecular complexity index is 676. The third kappa shape index (κ3) is 2.65. The number of nitrogens with zero attached hydrogens (tertiary/aromatic N) is 2. The van der Waals surface area contributed by atoms with Gasteiger partial charge in [0.05, 0.1) is 6.42 Å². The van der Waals surface area contributed by atoms with Gasteiger partial charge < -0.3 is 5.32 Å². The molecule has 1 saturated heterocycles. The van der Waals surface area contributed by atoms with Gasteiger partial charge in [-0.05, 0) is 31.6 Å². The molecule has 0 bridgehead atoms. The third-order valence-electron chi connectivity index (χ3n) is 3.43. The summed E-state index contributed by atoms with van der Waals surface area (Å²) in [5.74, 6) is 0.534. The van der Waals surface area contributed by atoms with E-state index in [4.69, 9.17) is 0 Å². The number of para-hydroxylation sites is 1. The number of hydrazine groups is 1. The van der Waals surface area contributed by atoms with Crippen LogP contribution in [0.5, 0.6) is 0 Å². The van der Waals surface area contributed by atoms with Crippen molar-refractivity contribution >= 4 is 23.5 Å². The molecule has 0 saturated carbocycles. The number of hydrogen-bond acceptors (Lipinski definition) is 5. The number of allylic oxidation sites excluding steroid dienone is 1. The molecule has 0 radical (unpaired) electrons. The van der Waals surface area contributed by atoms with Crippen LogP contribution < -0.4 is 16.1 Å². The molecular formula is C15H17N5O2. The number of amides is 2. The molecule has 2 aliphatic rings. The Morgan fingerprint density at radius 1 is 1.32 bits per heavy atom. The van der Waals surface area contributed by atoms with Gasteiger partial charge in [0.25, 0.3) is 0 Å². The van der Waals surface area contributed by atoms with Crippen LogP contribution in [0.2, 0.25) is 0 Å². The first-order valence-corrected chi connectivity index (χ1v) is 7.02. The number of hydrogen-bond donors (Lipinski definition) is 3. The van der Waals surface area contributed by atoms with Gasteiger partial charge in [-0.1, -0.05) is 18.2 Å². The van der Waals surface area contributed by atoms with Crippen LogP contribution in [0.3, 0.4) is 0 Å². The summed E-state index contributed by atoms with van der Waals surface area (Å²) in [4.78, 5) is 28.6. The van der Waals surface area contributed by atoms with Crippen molar-refractivity contribution in [2.45, 2.75) is 26.3 Å². The highest BCUT2D eigenvalue weighted by Crippen LogP contribution is 2.19. The summed E-state index contributed by atoms with van der Waals surface area (Å²) >= 11 is 0. The maximum Gasteiger partial charge on any atom is 0.249 e. The summed E-state index contributed by atoms with van der Waals surface area (Å²) < 4.78 is 0.